The topological polar surface area (TPSA) is 63.7 Å². The number of ketones is 1. The second-order valence-electron chi connectivity index (χ2n) is 7.23. The Morgan fingerprint density at radius 2 is 1.64 bits per heavy atom. The maximum absolute atomic E-state index is 12.7. The lowest BCUT2D eigenvalue weighted by molar-refractivity contribution is -0.122. The summed E-state index contributed by atoms with van der Waals surface area (Å²) in [5, 5.41) is 0. The number of carbonyl (C=O) groups excluding carboxylic acids is 3. The number of anilines is 1. The lowest BCUT2D eigenvalue weighted by atomic mass is 9.81. The molecule has 6 heteroatoms. The van der Waals surface area contributed by atoms with E-state index in [0.29, 0.717) is 17.0 Å². The molecule has 2 atom stereocenters. The number of amides is 2. The van der Waals surface area contributed by atoms with Crippen molar-refractivity contribution in [2.24, 2.45) is 11.8 Å². The highest BCUT2D eigenvalue weighted by Gasteiger charge is 2.48. The molecule has 2 amide bonds. The molecule has 2 fully saturated rings. The van der Waals surface area contributed by atoms with Crippen molar-refractivity contribution in [3.05, 3.63) is 58.6 Å². The second kappa shape index (κ2) is 7.87. The van der Waals surface area contributed by atoms with Crippen LogP contribution in [0.5, 0.6) is 5.75 Å². The molecule has 5 nitrogen and oxygen atoms in total. The first-order valence-corrected chi connectivity index (χ1v) is 10.2. The number of rotatable bonds is 5. The normalized spacial score (nSPS) is 21.5. The van der Waals surface area contributed by atoms with Gasteiger partial charge in [-0.05, 0) is 37.1 Å². The van der Waals surface area contributed by atoms with Crippen LogP contribution >= 0.6 is 15.9 Å². The van der Waals surface area contributed by atoms with E-state index >= 15 is 0 Å². The predicted octanol–water partition coefficient (Wildman–Crippen LogP) is 4.39. The van der Waals surface area contributed by atoms with E-state index in [4.69, 9.17) is 4.74 Å². The van der Waals surface area contributed by atoms with Crippen LogP contribution < -0.4 is 9.64 Å². The Hall–Kier alpha value is -2.47. The minimum Gasteiger partial charge on any atom is -0.485 e. The van der Waals surface area contributed by atoms with Gasteiger partial charge in [0.2, 0.25) is 11.8 Å². The van der Waals surface area contributed by atoms with Crippen LogP contribution in [0, 0.1) is 11.8 Å². The summed E-state index contributed by atoms with van der Waals surface area (Å²) < 4.78 is 6.53. The Bertz CT molecular complexity index is 900. The van der Waals surface area contributed by atoms with Crippen molar-refractivity contribution in [1.29, 1.82) is 0 Å². The summed E-state index contributed by atoms with van der Waals surface area (Å²) in [6, 6.07) is 13.9. The van der Waals surface area contributed by atoms with E-state index in [1.807, 2.05) is 0 Å². The Labute approximate surface area is 171 Å². The number of halogens is 1. The number of hydrogen-bond acceptors (Lipinski definition) is 4. The average molecular weight is 442 g/mol. The highest BCUT2D eigenvalue weighted by molar-refractivity contribution is 9.10. The highest BCUT2D eigenvalue weighted by atomic mass is 79.9. The molecule has 1 aliphatic carbocycles. The number of Topliss-reactive ketones (excluding diaryl/α,β-unsaturated/α-hetero) is 1. The molecule has 0 aromatic heterocycles. The fraction of sp³-hybridized carbons (Fsp3) is 0.318. The van der Waals surface area contributed by atoms with Gasteiger partial charge in [-0.3, -0.25) is 14.4 Å². The standard InChI is InChI=1S/C22H20BrNO4/c23-15-10-8-14(9-11-15)20(25)13-28-17-5-3-4-16(12-17)24-21(26)18-6-1-2-7-19(18)22(24)27/h3-5,8-12,18-19H,1-2,6-7,13H2. The first kappa shape index (κ1) is 18.9. The van der Waals surface area contributed by atoms with E-state index in [1.54, 1.807) is 48.5 Å². The Morgan fingerprint density at radius 3 is 2.29 bits per heavy atom. The predicted molar refractivity (Wildman–Crippen MR) is 108 cm³/mol. The largest absolute Gasteiger partial charge is 0.485 e. The Kier molecular flexibility index (Phi) is 5.31. The zero-order valence-corrected chi connectivity index (χ0v) is 16.9. The van der Waals surface area contributed by atoms with Crippen LogP contribution in [0.1, 0.15) is 36.0 Å². The first-order chi connectivity index (χ1) is 13.5. The number of ether oxygens (including phenoxy) is 1. The highest BCUT2D eigenvalue weighted by Crippen LogP contribution is 2.40. The molecule has 1 saturated heterocycles. The number of hydrogen-bond donors (Lipinski definition) is 0. The van der Waals surface area contributed by atoms with Crippen LogP contribution in [-0.2, 0) is 9.59 Å². The van der Waals surface area contributed by atoms with E-state index < -0.39 is 0 Å². The van der Waals surface area contributed by atoms with E-state index in [-0.39, 0.29) is 36.0 Å². The average Bonchev–Trinajstić information content (AvgIpc) is 2.98. The van der Waals surface area contributed by atoms with Crippen molar-refractivity contribution in [3.8, 4) is 5.75 Å². The summed E-state index contributed by atoms with van der Waals surface area (Å²) in [6.45, 7) is -0.113. The van der Waals surface area contributed by atoms with E-state index in [2.05, 4.69) is 15.9 Å². The summed E-state index contributed by atoms with van der Waals surface area (Å²) in [4.78, 5) is 39.1. The van der Waals surface area contributed by atoms with E-state index in [1.165, 1.54) is 4.90 Å². The number of carbonyl (C=O) groups is 3. The van der Waals surface area contributed by atoms with Gasteiger partial charge in [-0.1, -0.05) is 47.0 Å². The van der Waals surface area contributed by atoms with Gasteiger partial charge in [0.15, 0.2) is 12.4 Å². The van der Waals surface area contributed by atoms with E-state index in [0.717, 1.165) is 30.2 Å². The molecular weight excluding hydrogens is 422 g/mol. The molecule has 2 unspecified atom stereocenters. The Morgan fingerprint density at radius 1 is 1.00 bits per heavy atom. The SMILES string of the molecule is O=C(COc1cccc(N2C(=O)C3CCCCC3C2=O)c1)c1ccc(Br)cc1. The summed E-state index contributed by atoms with van der Waals surface area (Å²) in [5.41, 5.74) is 1.08. The summed E-state index contributed by atoms with van der Waals surface area (Å²) in [5.74, 6) is -0.291. The van der Waals surface area contributed by atoms with Crippen LogP contribution in [0.25, 0.3) is 0 Å². The lowest BCUT2D eigenvalue weighted by Gasteiger charge is -2.19. The molecule has 1 saturated carbocycles. The van der Waals surface area contributed by atoms with Gasteiger partial charge >= 0.3 is 0 Å². The second-order valence-corrected chi connectivity index (χ2v) is 8.14. The van der Waals surface area contributed by atoms with Crippen LogP contribution in [-0.4, -0.2) is 24.2 Å². The maximum Gasteiger partial charge on any atom is 0.237 e. The number of imide groups is 1. The molecule has 0 bridgehead atoms. The lowest BCUT2D eigenvalue weighted by Crippen LogP contribution is -2.30. The van der Waals surface area contributed by atoms with Gasteiger partial charge in [-0.25, -0.2) is 4.90 Å². The third-order valence-electron chi connectivity index (χ3n) is 5.45. The molecule has 4 rings (SSSR count). The van der Waals surface area contributed by atoms with E-state index in [9.17, 15) is 14.4 Å². The molecule has 1 heterocycles. The van der Waals surface area contributed by atoms with Crippen LogP contribution in [0.15, 0.2) is 53.0 Å². The zero-order chi connectivity index (χ0) is 19.7. The maximum atomic E-state index is 12.7. The fourth-order valence-corrected chi connectivity index (χ4v) is 4.26. The zero-order valence-electron chi connectivity index (χ0n) is 15.3. The number of fused-ring (bicyclic) bond motifs is 1. The summed E-state index contributed by atoms with van der Waals surface area (Å²) >= 11 is 3.34. The molecule has 28 heavy (non-hydrogen) atoms. The van der Waals surface area contributed by atoms with Gasteiger partial charge in [0.05, 0.1) is 17.5 Å². The Balaban J connectivity index is 1.47. The number of nitrogens with zero attached hydrogens (tertiary/aromatic N) is 1. The molecule has 1 aliphatic heterocycles. The van der Waals surface area contributed by atoms with Crippen molar-refractivity contribution in [2.75, 3.05) is 11.5 Å². The van der Waals surface area contributed by atoms with Gasteiger partial charge < -0.3 is 4.74 Å². The van der Waals surface area contributed by atoms with Crippen molar-refractivity contribution in [3.63, 3.8) is 0 Å². The molecule has 144 valence electrons. The molecule has 0 spiro atoms. The van der Waals surface area contributed by atoms with Gasteiger partial charge in [0.25, 0.3) is 0 Å². The van der Waals surface area contributed by atoms with Crippen molar-refractivity contribution in [2.45, 2.75) is 25.7 Å². The molecular formula is C22H20BrNO4. The monoisotopic (exact) mass is 441 g/mol. The van der Waals surface area contributed by atoms with Gasteiger partial charge in [0, 0.05) is 16.1 Å². The minimum atomic E-state index is -0.190. The molecule has 2 aromatic carbocycles. The van der Waals surface area contributed by atoms with Gasteiger partial charge in [-0.2, -0.15) is 0 Å². The summed E-state index contributed by atoms with van der Waals surface area (Å²) in [6.07, 6.45) is 3.55. The molecule has 2 aromatic rings. The quantitative estimate of drug-likeness (QED) is 0.509. The third kappa shape index (κ3) is 3.61. The van der Waals surface area contributed by atoms with Crippen LogP contribution in [0.2, 0.25) is 0 Å². The van der Waals surface area contributed by atoms with Gasteiger partial charge in [-0.15, -0.1) is 0 Å². The molecule has 2 aliphatic rings. The molecule has 0 N–H and O–H groups in total. The number of benzene rings is 2. The van der Waals surface area contributed by atoms with Crippen LogP contribution in [0.3, 0.4) is 0 Å². The third-order valence-corrected chi connectivity index (χ3v) is 5.98. The van der Waals surface area contributed by atoms with Crippen molar-refractivity contribution >= 4 is 39.2 Å². The smallest absolute Gasteiger partial charge is 0.237 e. The van der Waals surface area contributed by atoms with Crippen molar-refractivity contribution in [1.82, 2.24) is 0 Å². The first-order valence-electron chi connectivity index (χ1n) is 9.44. The minimum absolute atomic E-state index is 0.113. The van der Waals surface area contributed by atoms with Crippen LogP contribution in [0.4, 0.5) is 5.69 Å². The van der Waals surface area contributed by atoms with Gasteiger partial charge in [0.1, 0.15) is 5.75 Å². The summed E-state index contributed by atoms with van der Waals surface area (Å²) in [7, 11) is 0. The molecule has 0 radical (unpaired) electrons. The van der Waals surface area contributed by atoms with Crippen molar-refractivity contribution < 1.29 is 19.1 Å². The fourth-order valence-electron chi connectivity index (χ4n) is 4.00.